The van der Waals surface area contributed by atoms with Gasteiger partial charge in [0.1, 0.15) is 0 Å². The smallest absolute Gasteiger partial charge is 0.226 e. The van der Waals surface area contributed by atoms with Gasteiger partial charge in [-0.3, -0.25) is 4.79 Å². The number of benzene rings is 1. The molecule has 5 nitrogen and oxygen atoms in total. The lowest BCUT2D eigenvalue weighted by molar-refractivity contribution is -0.116. The maximum atomic E-state index is 12.1. The van der Waals surface area contributed by atoms with E-state index in [9.17, 15) is 13.2 Å². The molecule has 1 N–H and O–H groups in total. The second-order valence-corrected chi connectivity index (χ2v) is 9.45. The Morgan fingerprint density at radius 1 is 1.33 bits per heavy atom. The third-order valence-corrected chi connectivity index (χ3v) is 6.95. The van der Waals surface area contributed by atoms with Gasteiger partial charge in [0, 0.05) is 17.4 Å². The molecule has 2 aromatic rings. The standard InChI is InChI=1S/C17H20N2O3S2/c1-11-3-4-14(7-12(11)2)15-9-23-17(18-15)19-16(20)8-13-5-6-24(21,22)10-13/h3-4,7,9,13H,5-6,8,10H2,1-2H3,(H,18,19,20). The van der Waals surface area contributed by atoms with E-state index in [1.807, 2.05) is 11.4 Å². The summed E-state index contributed by atoms with van der Waals surface area (Å²) in [5.41, 5.74) is 4.29. The first-order valence-electron chi connectivity index (χ1n) is 7.86. The summed E-state index contributed by atoms with van der Waals surface area (Å²) in [6.45, 7) is 4.12. The minimum absolute atomic E-state index is 0.0748. The van der Waals surface area contributed by atoms with E-state index in [1.165, 1.54) is 22.5 Å². The van der Waals surface area contributed by atoms with Crippen LogP contribution in [0.4, 0.5) is 5.13 Å². The largest absolute Gasteiger partial charge is 0.302 e. The molecule has 0 saturated carbocycles. The van der Waals surface area contributed by atoms with Crippen LogP contribution < -0.4 is 5.32 Å². The van der Waals surface area contributed by atoms with Crippen LogP contribution in [0.5, 0.6) is 0 Å². The van der Waals surface area contributed by atoms with Gasteiger partial charge >= 0.3 is 0 Å². The Morgan fingerprint density at radius 2 is 2.12 bits per heavy atom. The lowest BCUT2D eigenvalue weighted by atomic mass is 10.1. The number of hydrogen-bond donors (Lipinski definition) is 1. The Hall–Kier alpha value is -1.73. The summed E-state index contributed by atoms with van der Waals surface area (Å²) >= 11 is 1.38. The fourth-order valence-electron chi connectivity index (χ4n) is 2.83. The highest BCUT2D eigenvalue weighted by molar-refractivity contribution is 7.91. The molecule has 1 aromatic carbocycles. The Kier molecular flexibility index (Phi) is 4.73. The lowest BCUT2D eigenvalue weighted by Crippen LogP contribution is -2.17. The second kappa shape index (κ2) is 6.64. The number of aromatic nitrogens is 1. The van der Waals surface area contributed by atoms with Crippen molar-refractivity contribution in [1.29, 1.82) is 0 Å². The molecule has 1 atom stereocenters. The van der Waals surface area contributed by atoms with Crippen LogP contribution in [0.25, 0.3) is 11.3 Å². The van der Waals surface area contributed by atoms with Crippen molar-refractivity contribution >= 4 is 32.2 Å². The summed E-state index contributed by atoms with van der Waals surface area (Å²) in [6.07, 6.45) is 0.805. The first-order valence-corrected chi connectivity index (χ1v) is 10.6. The van der Waals surface area contributed by atoms with Gasteiger partial charge in [0.15, 0.2) is 15.0 Å². The van der Waals surface area contributed by atoms with Crippen LogP contribution in [0.15, 0.2) is 23.6 Å². The van der Waals surface area contributed by atoms with E-state index in [1.54, 1.807) is 0 Å². The summed E-state index contributed by atoms with van der Waals surface area (Å²) in [4.78, 5) is 16.5. The highest BCUT2D eigenvalue weighted by Crippen LogP contribution is 2.27. The van der Waals surface area contributed by atoms with Crippen LogP contribution in [0.1, 0.15) is 24.0 Å². The van der Waals surface area contributed by atoms with Crippen LogP contribution in [0.3, 0.4) is 0 Å². The van der Waals surface area contributed by atoms with Crippen LogP contribution in [-0.2, 0) is 14.6 Å². The van der Waals surface area contributed by atoms with Gasteiger partial charge in [-0.2, -0.15) is 0 Å². The van der Waals surface area contributed by atoms with E-state index in [-0.39, 0.29) is 29.8 Å². The summed E-state index contributed by atoms with van der Waals surface area (Å²) in [5.74, 6) is 0.0675. The molecule has 3 rings (SSSR count). The zero-order chi connectivity index (χ0) is 17.3. The van der Waals surface area contributed by atoms with Gasteiger partial charge in [-0.05, 0) is 43.4 Å². The Balaban J connectivity index is 1.63. The average molecular weight is 364 g/mol. The molecule has 0 radical (unpaired) electrons. The van der Waals surface area contributed by atoms with Crippen molar-refractivity contribution in [3.05, 3.63) is 34.7 Å². The Labute approximate surface area is 146 Å². The van der Waals surface area contributed by atoms with Crippen LogP contribution in [0.2, 0.25) is 0 Å². The number of sulfone groups is 1. The molecule has 1 aliphatic heterocycles. The number of amides is 1. The highest BCUT2D eigenvalue weighted by Gasteiger charge is 2.29. The predicted octanol–water partition coefficient (Wildman–Crippen LogP) is 3.19. The molecule has 1 aromatic heterocycles. The maximum Gasteiger partial charge on any atom is 0.226 e. The molecule has 1 amide bonds. The fraction of sp³-hybridized carbons (Fsp3) is 0.412. The van der Waals surface area contributed by atoms with Crippen molar-refractivity contribution in [3.63, 3.8) is 0 Å². The number of nitrogens with one attached hydrogen (secondary N) is 1. The molecule has 2 heterocycles. The highest BCUT2D eigenvalue weighted by atomic mass is 32.2. The van der Waals surface area contributed by atoms with E-state index in [0.717, 1.165) is 11.3 Å². The van der Waals surface area contributed by atoms with Gasteiger partial charge in [-0.15, -0.1) is 11.3 Å². The number of carbonyl (C=O) groups is 1. The van der Waals surface area contributed by atoms with E-state index in [4.69, 9.17) is 0 Å². The summed E-state index contributed by atoms with van der Waals surface area (Å²) in [6, 6.07) is 6.16. The molecule has 7 heteroatoms. The minimum atomic E-state index is -2.95. The van der Waals surface area contributed by atoms with Gasteiger partial charge in [-0.1, -0.05) is 12.1 Å². The second-order valence-electron chi connectivity index (χ2n) is 6.36. The molecular weight excluding hydrogens is 344 g/mol. The summed E-state index contributed by atoms with van der Waals surface area (Å²) < 4.78 is 22.9. The van der Waals surface area contributed by atoms with Crippen molar-refractivity contribution in [2.45, 2.75) is 26.7 Å². The third kappa shape index (κ3) is 4.02. The topological polar surface area (TPSA) is 76.1 Å². The molecule has 0 spiro atoms. The number of thiazole rings is 1. The summed E-state index contributed by atoms with van der Waals surface area (Å²) in [7, 11) is -2.95. The lowest BCUT2D eigenvalue weighted by Gasteiger charge is -2.06. The number of rotatable bonds is 4. The first kappa shape index (κ1) is 17.1. The van der Waals surface area contributed by atoms with Crippen molar-refractivity contribution in [3.8, 4) is 11.3 Å². The molecule has 128 valence electrons. The number of hydrogen-bond acceptors (Lipinski definition) is 5. The molecule has 0 bridgehead atoms. The van der Waals surface area contributed by atoms with Gasteiger partial charge in [-0.25, -0.2) is 13.4 Å². The molecule has 1 aliphatic rings. The van der Waals surface area contributed by atoms with Gasteiger partial charge in [0.05, 0.1) is 17.2 Å². The SMILES string of the molecule is Cc1ccc(-c2csc(NC(=O)CC3CCS(=O)(=O)C3)n2)cc1C. The quantitative estimate of drug-likeness (QED) is 0.904. The number of carbonyl (C=O) groups excluding carboxylic acids is 1. The number of nitrogens with zero attached hydrogens (tertiary/aromatic N) is 1. The normalized spacial score (nSPS) is 19.3. The molecule has 24 heavy (non-hydrogen) atoms. The van der Waals surface area contributed by atoms with Crippen molar-refractivity contribution < 1.29 is 13.2 Å². The van der Waals surface area contributed by atoms with Gasteiger partial charge < -0.3 is 5.32 Å². The van der Waals surface area contributed by atoms with Gasteiger partial charge in [0.25, 0.3) is 0 Å². The predicted molar refractivity (Wildman–Crippen MR) is 97.0 cm³/mol. The average Bonchev–Trinajstić information content (AvgIpc) is 3.08. The molecule has 1 fully saturated rings. The van der Waals surface area contributed by atoms with Crippen LogP contribution in [-0.4, -0.2) is 30.8 Å². The van der Waals surface area contributed by atoms with E-state index < -0.39 is 9.84 Å². The monoisotopic (exact) mass is 364 g/mol. The third-order valence-electron chi connectivity index (χ3n) is 4.35. The van der Waals surface area contributed by atoms with E-state index >= 15 is 0 Å². The van der Waals surface area contributed by atoms with Gasteiger partial charge in [0.2, 0.25) is 5.91 Å². The fourth-order valence-corrected chi connectivity index (χ4v) is 5.43. The van der Waals surface area contributed by atoms with Crippen LogP contribution in [0, 0.1) is 19.8 Å². The zero-order valence-corrected chi connectivity index (χ0v) is 15.3. The Bertz CT molecular complexity index is 872. The molecule has 1 saturated heterocycles. The van der Waals surface area contributed by atoms with E-state index in [0.29, 0.717) is 11.6 Å². The zero-order valence-electron chi connectivity index (χ0n) is 13.7. The first-order chi connectivity index (χ1) is 11.3. The van der Waals surface area contributed by atoms with Crippen LogP contribution >= 0.6 is 11.3 Å². The van der Waals surface area contributed by atoms with Crippen molar-refractivity contribution in [2.24, 2.45) is 5.92 Å². The van der Waals surface area contributed by atoms with Crippen molar-refractivity contribution in [1.82, 2.24) is 4.98 Å². The van der Waals surface area contributed by atoms with Crippen molar-refractivity contribution in [2.75, 3.05) is 16.8 Å². The maximum absolute atomic E-state index is 12.1. The minimum Gasteiger partial charge on any atom is -0.302 e. The summed E-state index contributed by atoms with van der Waals surface area (Å²) in [5, 5.41) is 5.25. The molecule has 0 aliphatic carbocycles. The number of anilines is 1. The Morgan fingerprint density at radius 3 is 2.79 bits per heavy atom. The molecular formula is C17H20N2O3S2. The number of aryl methyl sites for hydroxylation is 2. The molecule has 1 unspecified atom stereocenters. The van der Waals surface area contributed by atoms with E-state index in [2.05, 4.69) is 36.3 Å².